The number of hydrogen-bond acceptors (Lipinski definition) is 1. The molecule has 1 radical (unpaired) electrons. The first-order valence-corrected chi connectivity index (χ1v) is 4.64. The predicted molar refractivity (Wildman–Crippen MR) is 50.1 cm³/mol. The van der Waals surface area contributed by atoms with Crippen LogP contribution in [0, 0.1) is 6.07 Å². The van der Waals surface area contributed by atoms with E-state index in [0.717, 1.165) is 6.54 Å². The molecule has 63 valence electrons. The molecule has 1 fully saturated rings. The minimum absolute atomic E-state index is 0.694. The summed E-state index contributed by atoms with van der Waals surface area (Å²) in [7, 11) is 0. The fraction of sp³-hybridized carbons (Fsp3) is 0.455. The van der Waals surface area contributed by atoms with Crippen molar-refractivity contribution >= 4 is 0 Å². The van der Waals surface area contributed by atoms with E-state index < -0.39 is 0 Å². The summed E-state index contributed by atoms with van der Waals surface area (Å²) in [4.78, 5) is 0. The Balaban J connectivity index is 2.08. The van der Waals surface area contributed by atoms with Crippen LogP contribution in [0.2, 0.25) is 0 Å². The molecule has 1 aromatic rings. The molecule has 0 aliphatic carbocycles. The standard InChI is InChI=1S/C11H14N/c1-2-5-10(6-3-1)11-7-4-8-12-9-11/h1-3,5,11-12H,4,7-9H2. The van der Waals surface area contributed by atoms with Crippen molar-refractivity contribution < 1.29 is 0 Å². The SMILES string of the molecule is [c]1ccccc1C1CCCNC1. The van der Waals surface area contributed by atoms with Gasteiger partial charge in [0.1, 0.15) is 0 Å². The molecule has 2 rings (SSSR count). The molecule has 0 amide bonds. The van der Waals surface area contributed by atoms with E-state index in [9.17, 15) is 0 Å². The van der Waals surface area contributed by atoms with E-state index in [1.165, 1.54) is 24.9 Å². The number of rotatable bonds is 1. The summed E-state index contributed by atoms with van der Waals surface area (Å²) in [6, 6.07) is 11.6. The number of nitrogens with one attached hydrogen (secondary N) is 1. The van der Waals surface area contributed by atoms with Crippen molar-refractivity contribution in [2.75, 3.05) is 13.1 Å². The normalized spacial score (nSPS) is 23.8. The van der Waals surface area contributed by atoms with Crippen molar-refractivity contribution in [1.29, 1.82) is 0 Å². The highest BCUT2D eigenvalue weighted by Crippen LogP contribution is 2.21. The lowest BCUT2D eigenvalue weighted by atomic mass is 9.92. The second-order valence-electron chi connectivity index (χ2n) is 3.36. The lowest BCUT2D eigenvalue weighted by molar-refractivity contribution is 0.461. The zero-order valence-electron chi connectivity index (χ0n) is 7.22. The Morgan fingerprint density at radius 1 is 1.42 bits per heavy atom. The molecule has 1 aliphatic rings. The van der Waals surface area contributed by atoms with Crippen molar-refractivity contribution in [2.24, 2.45) is 0 Å². The van der Waals surface area contributed by atoms with E-state index in [-0.39, 0.29) is 0 Å². The molecule has 1 aliphatic heterocycles. The summed E-state index contributed by atoms with van der Waals surface area (Å²) in [5.41, 5.74) is 1.37. The van der Waals surface area contributed by atoms with E-state index in [1.54, 1.807) is 0 Å². The topological polar surface area (TPSA) is 12.0 Å². The maximum atomic E-state index is 3.41. The zero-order chi connectivity index (χ0) is 8.23. The van der Waals surface area contributed by atoms with Gasteiger partial charge in [-0.15, -0.1) is 0 Å². The number of piperidine rings is 1. The van der Waals surface area contributed by atoms with Gasteiger partial charge in [0.15, 0.2) is 0 Å². The van der Waals surface area contributed by atoms with Crippen LogP contribution in [0.3, 0.4) is 0 Å². The minimum atomic E-state index is 0.694. The van der Waals surface area contributed by atoms with Crippen LogP contribution in [0.5, 0.6) is 0 Å². The third-order valence-electron chi connectivity index (χ3n) is 2.47. The average Bonchev–Trinajstić information content (AvgIpc) is 2.21. The summed E-state index contributed by atoms with van der Waals surface area (Å²) in [6.45, 7) is 2.31. The number of benzene rings is 1. The van der Waals surface area contributed by atoms with Gasteiger partial charge in [0.25, 0.3) is 0 Å². The van der Waals surface area contributed by atoms with Crippen LogP contribution in [0.4, 0.5) is 0 Å². The number of hydrogen-bond donors (Lipinski definition) is 1. The quantitative estimate of drug-likeness (QED) is 0.662. The van der Waals surface area contributed by atoms with Crippen LogP contribution in [-0.4, -0.2) is 13.1 Å². The maximum Gasteiger partial charge on any atom is 0.00203 e. The molecule has 1 atom stereocenters. The summed E-state index contributed by atoms with van der Waals surface area (Å²) >= 11 is 0. The zero-order valence-corrected chi connectivity index (χ0v) is 7.22. The van der Waals surface area contributed by atoms with Crippen molar-refractivity contribution in [3.05, 3.63) is 35.9 Å². The van der Waals surface area contributed by atoms with Crippen LogP contribution in [-0.2, 0) is 0 Å². The van der Waals surface area contributed by atoms with Gasteiger partial charge in [-0.25, -0.2) is 0 Å². The average molecular weight is 160 g/mol. The van der Waals surface area contributed by atoms with Crippen LogP contribution < -0.4 is 5.32 Å². The Morgan fingerprint density at radius 3 is 3.08 bits per heavy atom. The predicted octanol–water partition coefficient (Wildman–Crippen LogP) is 1.95. The molecule has 0 aromatic heterocycles. The van der Waals surface area contributed by atoms with Gasteiger partial charge in [-0.2, -0.15) is 0 Å². The Bertz CT molecular complexity index is 224. The summed E-state index contributed by atoms with van der Waals surface area (Å²) in [5.74, 6) is 0.694. The van der Waals surface area contributed by atoms with Gasteiger partial charge >= 0.3 is 0 Å². The fourth-order valence-electron chi connectivity index (χ4n) is 1.78. The molecule has 1 nitrogen and oxygen atoms in total. The van der Waals surface area contributed by atoms with Gasteiger partial charge in [0.2, 0.25) is 0 Å². The molecule has 0 saturated carbocycles. The van der Waals surface area contributed by atoms with Gasteiger partial charge in [-0.1, -0.05) is 24.3 Å². The van der Waals surface area contributed by atoms with Gasteiger partial charge in [0.05, 0.1) is 0 Å². The summed E-state index contributed by atoms with van der Waals surface area (Å²) in [6.07, 6.45) is 2.61. The maximum absolute atomic E-state index is 3.41. The first-order chi connectivity index (χ1) is 5.97. The lowest BCUT2D eigenvalue weighted by Crippen LogP contribution is -2.28. The van der Waals surface area contributed by atoms with Crippen molar-refractivity contribution in [3.63, 3.8) is 0 Å². The van der Waals surface area contributed by atoms with E-state index in [0.29, 0.717) is 5.92 Å². The highest BCUT2D eigenvalue weighted by molar-refractivity contribution is 5.18. The Hall–Kier alpha value is -0.820. The van der Waals surface area contributed by atoms with Crippen LogP contribution in [0.15, 0.2) is 24.3 Å². The van der Waals surface area contributed by atoms with Crippen LogP contribution in [0.25, 0.3) is 0 Å². The van der Waals surface area contributed by atoms with E-state index >= 15 is 0 Å². The van der Waals surface area contributed by atoms with Crippen molar-refractivity contribution in [2.45, 2.75) is 18.8 Å². The molecule has 1 heterocycles. The highest BCUT2D eigenvalue weighted by Gasteiger charge is 2.13. The second-order valence-corrected chi connectivity index (χ2v) is 3.36. The molecular weight excluding hydrogens is 146 g/mol. The van der Waals surface area contributed by atoms with Gasteiger partial charge < -0.3 is 5.32 Å². The first kappa shape index (κ1) is 7.81. The van der Waals surface area contributed by atoms with Gasteiger partial charge in [-0.05, 0) is 36.9 Å². The van der Waals surface area contributed by atoms with Crippen LogP contribution >= 0.6 is 0 Å². The molecule has 0 spiro atoms. The summed E-state index contributed by atoms with van der Waals surface area (Å²) < 4.78 is 0. The third kappa shape index (κ3) is 1.67. The molecule has 1 N–H and O–H groups in total. The fourth-order valence-corrected chi connectivity index (χ4v) is 1.78. The Morgan fingerprint density at radius 2 is 2.42 bits per heavy atom. The highest BCUT2D eigenvalue weighted by atomic mass is 14.9. The third-order valence-corrected chi connectivity index (χ3v) is 2.47. The van der Waals surface area contributed by atoms with Gasteiger partial charge in [-0.3, -0.25) is 0 Å². The smallest absolute Gasteiger partial charge is 0.00203 e. The molecule has 1 saturated heterocycles. The van der Waals surface area contributed by atoms with E-state index in [1.807, 2.05) is 12.1 Å². The Kier molecular flexibility index (Phi) is 2.42. The van der Waals surface area contributed by atoms with Crippen molar-refractivity contribution in [1.82, 2.24) is 5.32 Å². The van der Waals surface area contributed by atoms with Crippen molar-refractivity contribution in [3.8, 4) is 0 Å². The Labute approximate surface area is 73.8 Å². The molecule has 12 heavy (non-hydrogen) atoms. The summed E-state index contributed by atoms with van der Waals surface area (Å²) in [5, 5.41) is 3.41. The molecule has 0 bridgehead atoms. The van der Waals surface area contributed by atoms with Gasteiger partial charge in [0, 0.05) is 6.54 Å². The lowest BCUT2D eigenvalue weighted by Gasteiger charge is -2.22. The minimum Gasteiger partial charge on any atom is -0.316 e. The largest absolute Gasteiger partial charge is 0.316 e. The second kappa shape index (κ2) is 3.72. The first-order valence-electron chi connectivity index (χ1n) is 4.64. The van der Waals surface area contributed by atoms with Crippen LogP contribution in [0.1, 0.15) is 24.3 Å². The monoisotopic (exact) mass is 160 g/mol. The van der Waals surface area contributed by atoms with E-state index in [4.69, 9.17) is 0 Å². The molecule has 1 aromatic carbocycles. The molecular formula is C11H14N. The molecule has 1 heteroatoms. The molecule has 1 unspecified atom stereocenters. The van der Waals surface area contributed by atoms with E-state index in [2.05, 4.69) is 23.5 Å².